The highest BCUT2D eigenvalue weighted by Crippen LogP contribution is 2.23. The van der Waals surface area contributed by atoms with E-state index in [1.54, 1.807) is 6.07 Å². The van der Waals surface area contributed by atoms with Crippen LogP contribution in [0.4, 0.5) is 10.1 Å². The number of nitrogens with one attached hydrogen (secondary N) is 1. The summed E-state index contributed by atoms with van der Waals surface area (Å²) in [4.78, 5) is 2.14. The summed E-state index contributed by atoms with van der Waals surface area (Å²) in [6.45, 7) is 6.84. The molecule has 0 radical (unpaired) electrons. The summed E-state index contributed by atoms with van der Waals surface area (Å²) < 4.78 is 13.7. The Balaban J connectivity index is 2.30. The van der Waals surface area contributed by atoms with Crippen molar-refractivity contribution in [3.63, 3.8) is 0 Å². The topological polar surface area (TPSA) is 15.3 Å². The highest BCUT2D eigenvalue weighted by atomic mass is 19.1. The Morgan fingerprint density at radius 2 is 2.27 bits per heavy atom. The van der Waals surface area contributed by atoms with Crippen LogP contribution in [0.2, 0.25) is 0 Å². The normalized spacial score (nSPS) is 21.8. The molecule has 0 unspecified atom stereocenters. The largest absolute Gasteiger partial charge is 0.364 e. The average Bonchev–Trinajstić information content (AvgIpc) is 2.23. The molecule has 0 amide bonds. The van der Waals surface area contributed by atoms with E-state index < -0.39 is 0 Å². The first-order valence-electron chi connectivity index (χ1n) is 5.42. The van der Waals surface area contributed by atoms with Crippen molar-refractivity contribution in [2.45, 2.75) is 19.9 Å². The van der Waals surface area contributed by atoms with Crippen LogP contribution in [0, 0.1) is 12.7 Å². The molecule has 0 aliphatic carbocycles. The van der Waals surface area contributed by atoms with Gasteiger partial charge in [0.05, 0.1) is 5.69 Å². The smallest absolute Gasteiger partial charge is 0.146 e. The van der Waals surface area contributed by atoms with E-state index in [4.69, 9.17) is 0 Å². The van der Waals surface area contributed by atoms with Crippen molar-refractivity contribution in [3.05, 3.63) is 29.6 Å². The highest BCUT2D eigenvalue weighted by molar-refractivity contribution is 5.51. The quantitative estimate of drug-likeness (QED) is 0.758. The Bertz CT molecular complexity index is 351. The molecule has 1 heterocycles. The Morgan fingerprint density at radius 3 is 3.00 bits per heavy atom. The molecule has 1 N–H and O–H groups in total. The van der Waals surface area contributed by atoms with Gasteiger partial charge < -0.3 is 10.2 Å². The van der Waals surface area contributed by atoms with E-state index in [2.05, 4.69) is 17.1 Å². The Labute approximate surface area is 90.1 Å². The van der Waals surface area contributed by atoms with Gasteiger partial charge >= 0.3 is 0 Å². The summed E-state index contributed by atoms with van der Waals surface area (Å²) in [5.74, 6) is -0.116. The monoisotopic (exact) mass is 208 g/mol. The lowest BCUT2D eigenvalue weighted by molar-refractivity contribution is 0.491. The molecule has 1 atom stereocenters. The van der Waals surface area contributed by atoms with Crippen molar-refractivity contribution in [2.75, 3.05) is 24.5 Å². The van der Waals surface area contributed by atoms with E-state index in [-0.39, 0.29) is 5.82 Å². The average molecular weight is 208 g/mol. The minimum Gasteiger partial charge on any atom is -0.364 e. The zero-order chi connectivity index (χ0) is 10.8. The van der Waals surface area contributed by atoms with Gasteiger partial charge in [-0.15, -0.1) is 0 Å². The van der Waals surface area contributed by atoms with Gasteiger partial charge in [-0.25, -0.2) is 4.39 Å². The summed E-state index contributed by atoms with van der Waals surface area (Å²) in [7, 11) is 0. The van der Waals surface area contributed by atoms with Crippen LogP contribution in [0.25, 0.3) is 0 Å². The molecule has 1 aromatic rings. The molecule has 3 heteroatoms. The number of anilines is 1. The van der Waals surface area contributed by atoms with E-state index >= 15 is 0 Å². The summed E-state index contributed by atoms with van der Waals surface area (Å²) in [5.41, 5.74) is 1.85. The van der Waals surface area contributed by atoms with Gasteiger partial charge in [-0.2, -0.15) is 0 Å². The first-order chi connectivity index (χ1) is 7.18. The maximum Gasteiger partial charge on any atom is 0.146 e. The number of hydrogen-bond donors (Lipinski definition) is 1. The second-order valence-corrected chi connectivity index (χ2v) is 4.20. The molecule has 2 rings (SSSR count). The van der Waals surface area contributed by atoms with Crippen molar-refractivity contribution in [1.82, 2.24) is 5.32 Å². The molecule has 15 heavy (non-hydrogen) atoms. The molecule has 1 saturated heterocycles. The van der Waals surface area contributed by atoms with E-state index in [0.29, 0.717) is 6.04 Å². The van der Waals surface area contributed by atoms with Gasteiger partial charge in [-0.05, 0) is 31.5 Å². The minimum absolute atomic E-state index is 0.116. The van der Waals surface area contributed by atoms with Crippen LogP contribution in [-0.4, -0.2) is 25.7 Å². The van der Waals surface area contributed by atoms with Crippen molar-refractivity contribution >= 4 is 5.69 Å². The van der Waals surface area contributed by atoms with E-state index in [0.717, 1.165) is 30.9 Å². The Morgan fingerprint density at radius 1 is 1.47 bits per heavy atom. The standard InChI is InChI=1S/C12H17FN2/c1-9-3-4-11(13)12(7-9)15-6-5-14-8-10(15)2/h3-4,7,10,14H,5-6,8H2,1-2H3/t10-/m0/s1. The predicted octanol–water partition coefficient (Wildman–Crippen LogP) is 1.93. The number of piperazine rings is 1. The second-order valence-electron chi connectivity index (χ2n) is 4.20. The maximum atomic E-state index is 13.7. The third-order valence-electron chi connectivity index (χ3n) is 2.91. The number of hydrogen-bond acceptors (Lipinski definition) is 2. The molecule has 1 aliphatic heterocycles. The molecule has 0 spiro atoms. The third kappa shape index (κ3) is 2.12. The van der Waals surface area contributed by atoms with Crippen LogP contribution >= 0.6 is 0 Å². The SMILES string of the molecule is Cc1ccc(F)c(N2CCNC[C@@H]2C)c1. The van der Waals surface area contributed by atoms with Crippen LogP contribution in [0.15, 0.2) is 18.2 Å². The summed E-state index contributed by atoms with van der Waals surface area (Å²) in [6, 6.07) is 5.65. The lowest BCUT2D eigenvalue weighted by Crippen LogP contribution is -2.50. The van der Waals surface area contributed by atoms with Gasteiger partial charge in [-0.1, -0.05) is 6.07 Å². The van der Waals surface area contributed by atoms with Crippen molar-refractivity contribution in [1.29, 1.82) is 0 Å². The summed E-state index contributed by atoms with van der Waals surface area (Å²) in [5, 5.41) is 3.30. The summed E-state index contributed by atoms with van der Waals surface area (Å²) in [6.07, 6.45) is 0. The van der Waals surface area contributed by atoms with Crippen molar-refractivity contribution in [2.24, 2.45) is 0 Å². The van der Waals surface area contributed by atoms with Gasteiger partial charge in [0.2, 0.25) is 0 Å². The number of nitrogens with zero attached hydrogens (tertiary/aromatic N) is 1. The number of aryl methyl sites for hydroxylation is 1. The molecule has 2 nitrogen and oxygen atoms in total. The zero-order valence-electron chi connectivity index (χ0n) is 9.26. The van der Waals surface area contributed by atoms with Gasteiger partial charge in [0.1, 0.15) is 5.82 Å². The van der Waals surface area contributed by atoms with E-state index in [1.807, 2.05) is 19.1 Å². The molecular weight excluding hydrogens is 191 g/mol. The Kier molecular flexibility index (Phi) is 2.91. The second kappa shape index (κ2) is 4.19. The van der Waals surface area contributed by atoms with E-state index in [1.165, 1.54) is 0 Å². The molecule has 1 aromatic carbocycles. The van der Waals surface area contributed by atoms with Crippen molar-refractivity contribution in [3.8, 4) is 0 Å². The van der Waals surface area contributed by atoms with Crippen LogP contribution < -0.4 is 10.2 Å². The lowest BCUT2D eigenvalue weighted by atomic mass is 10.1. The number of benzene rings is 1. The lowest BCUT2D eigenvalue weighted by Gasteiger charge is -2.36. The Hall–Kier alpha value is -1.09. The molecule has 1 aliphatic rings. The van der Waals surface area contributed by atoms with Gasteiger partial charge in [0, 0.05) is 25.7 Å². The fraction of sp³-hybridized carbons (Fsp3) is 0.500. The van der Waals surface area contributed by atoms with Crippen LogP contribution in [0.1, 0.15) is 12.5 Å². The molecule has 0 bridgehead atoms. The first kappa shape index (κ1) is 10.4. The fourth-order valence-electron chi connectivity index (χ4n) is 2.04. The van der Waals surface area contributed by atoms with Gasteiger partial charge in [-0.3, -0.25) is 0 Å². The molecule has 82 valence electrons. The molecular formula is C12H17FN2. The molecule has 1 fully saturated rings. The summed E-state index contributed by atoms with van der Waals surface area (Å²) >= 11 is 0. The minimum atomic E-state index is -0.116. The van der Waals surface area contributed by atoms with Gasteiger partial charge in [0.25, 0.3) is 0 Å². The number of rotatable bonds is 1. The predicted molar refractivity (Wildman–Crippen MR) is 60.8 cm³/mol. The van der Waals surface area contributed by atoms with Crippen LogP contribution in [-0.2, 0) is 0 Å². The molecule has 0 saturated carbocycles. The first-order valence-corrected chi connectivity index (χ1v) is 5.42. The maximum absolute atomic E-state index is 13.7. The zero-order valence-corrected chi connectivity index (χ0v) is 9.26. The third-order valence-corrected chi connectivity index (χ3v) is 2.91. The number of halogens is 1. The van der Waals surface area contributed by atoms with Gasteiger partial charge in [0.15, 0.2) is 0 Å². The van der Waals surface area contributed by atoms with Crippen LogP contribution in [0.3, 0.4) is 0 Å². The molecule has 0 aromatic heterocycles. The highest BCUT2D eigenvalue weighted by Gasteiger charge is 2.20. The van der Waals surface area contributed by atoms with Crippen molar-refractivity contribution < 1.29 is 4.39 Å². The van der Waals surface area contributed by atoms with E-state index in [9.17, 15) is 4.39 Å². The fourth-order valence-corrected chi connectivity index (χ4v) is 2.04. The van der Waals surface area contributed by atoms with Crippen LogP contribution in [0.5, 0.6) is 0 Å².